The van der Waals surface area contributed by atoms with Crippen molar-refractivity contribution in [3.8, 4) is 0 Å². The maximum Gasteiger partial charge on any atom is 0.287 e. The van der Waals surface area contributed by atoms with Gasteiger partial charge < -0.3 is 14.6 Å². The first-order chi connectivity index (χ1) is 7.52. The number of nitrogens with one attached hydrogen (secondary N) is 1. The Hall–Kier alpha value is -1.29. The smallest absolute Gasteiger partial charge is 0.287 e. The fraction of sp³-hybridized carbons (Fsp3) is 0.583. The summed E-state index contributed by atoms with van der Waals surface area (Å²) < 4.78 is 5.02. The fourth-order valence-electron chi connectivity index (χ4n) is 1.71. The summed E-state index contributed by atoms with van der Waals surface area (Å²) in [5, 5.41) is 2.87. The molecule has 16 heavy (non-hydrogen) atoms. The third-order valence-corrected chi connectivity index (χ3v) is 2.65. The minimum absolute atomic E-state index is 0.155. The normalized spacial score (nSPS) is 13.1. The molecule has 1 unspecified atom stereocenters. The number of rotatable bonds is 5. The Labute approximate surface area is 96.6 Å². The summed E-state index contributed by atoms with van der Waals surface area (Å²) in [7, 11) is 4.04. The lowest BCUT2D eigenvalue weighted by atomic mass is 10.0. The first-order valence-corrected chi connectivity index (χ1v) is 5.50. The molecule has 0 aliphatic carbocycles. The Morgan fingerprint density at radius 1 is 1.50 bits per heavy atom. The summed E-state index contributed by atoms with van der Waals surface area (Å²) in [6.45, 7) is 4.91. The van der Waals surface area contributed by atoms with Crippen molar-refractivity contribution >= 4 is 5.91 Å². The third kappa shape index (κ3) is 3.38. The van der Waals surface area contributed by atoms with Gasteiger partial charge in [-0.1, -0.05) is 13.8 Å². The lowest BCUT2D eigenvalue weighted by molar-refractivity contribution is 0.0907. The number of nitrogens with zero attached hydrogens (tertiary/aromatic N) is 1. The van der Waals surface area contributed by atoms with E-state index in [1.165, 1.54) is 6.26 Å². The largest absolute Gasteiger partial charge is 0.459 e. The molecule has 0 saturated carbocycles. The van der Waals surface area contributed by atoms with Gasteiger partial charge in [0.1, 0.15) is 0 Å². The van der Waals surface area contributed by atoms with E-state index < -0.39 is 0 Å². The summed E-state index contributed by atoms with van der Waals surface area (Å²) in [5.74, 6) is 0.700. The van der Waals surface area contributed by atoms with Crippen molar-refractivity contribution in [1.29, 1.82) is 0 Å². The van der Waals surface area contributed by atoms with Gasteiger partial charge in [0.2, 0.25) is 0 Å². The van der Waals surface area contributed by atoms with E-state index in [-0.39, 0.29) is 5.91 Å². The van der Waals surface area contributed by atoms with Gasteiger partial charge in [-0.2, -0.15) is 0 Å². The molecule has 4 heteroatoms. The Bertz CT molecular complexity index is 310. The highest BCUT2D eigenvalue weighted by Crippen LogP contribution is 2.06. The van der Waals surface area contributed by atoms with Crippen molar-refractivity contribution in [2.24, 2.45) is 5.92 Å². The molecule has 4 nitrogen and oxygen atoms in total. The predicted octanol–water partition coefficient (Wildman–Crippen LogP) is 1.60. The zero-order chi connectivity index (χ0) is 12.1. The van der Waals surface area contributed by atoms with Gasteiger partial charge in [-0.25, -0.2) is 0 Å². The Morgan fingerprint density at radius 2 is 2.19 bits per heavy atom. The molecule has 1 aromatic heterocycles. The zero-order valence-corrected chi connectivity index (χ0v) is 10.4. The van der Waals surface area contributed by atoms with Gasteiger partial charge in [0.05, 0.1) is 6.26 Å². The van der Waals surface area contributed by atoms with Gasteiger partial charge in [0, 0.05) is 12.6 Å². The van der Waals surface area contributed by atoms with Crippen LogP contribution in [0.3, 0.4) is 0 Å². The average molecular weight is 224 g/mol. The maximum absolute atomic E-state index is 11.6. The van der Waals surface area contributed by atoms with E-state index in [9.17, 15) is 4.79 Å². The number of hydrogen-bond donors (Lipinski definition) is 1. The van der Waals surface area contributed by atoms with E-state index in [4.69, 9.17) is 4.42 Å². The van der Waals surface area contributed by atoms with Crippen molar-refractivity contribution in [1.82, 2.24) is 10.2 Å². The molecule has 0 radical (unpaired) electrons. The minimum Gasteiger partial charge on any atom is -0.459 e. The second-order valence-corrected chi connectivity index (χ2v) is 4.46. The second kappa shape index (κ2) is 5.70. The number of hydrogen-bond acceptors (Lipinski definition) is 3. The second-order valence-electron chi connectivity index (χ2n) is 4.46. The summed E-state index contributed by atoms with van der Waals surface area (Å²) in [5.41, 5.74) is 0. The lowest BCUT2D eigenvalue weighted by Gasteiger charge is -2.27. The van der Waals surface area contributed by atoms with Crippen molar-refractivity contribution in [3.63, 3.8) is 0 Å². The van der Waals surface area contributed by atoms with Crippen LogP contribution in [-0.4, -0.2) is 37.5 Å². The summed E-state index contributed by atoms with van der Waals surface area (Å²) >= 11 is 0. The Morgan fingerprint density at radius 3 is 2.62 bits per heavy atom. The SMILES string of the molecule is CC(C)C(CNC(=O)c1ccco1)N(C)C. The molecule has 90 valence electrons. The molecule has 0 aliphatic rings. The van der Waals surface area contributed by atoms with Crippen LogP contribution in [0.25, 0.3) is 0 Å². The molecular weight excluding hydrogens is 204 g/mol. The summed E-state index contributed by atoms with van der Waals surface area (Å²) in [6.07, 6.45) is 1.50. The number of amides is 1. The Balaban J connectivity index is 2.47. The molecule has 0 aliphatic heterocycles. The monoisotopic (exact) mass is 224 g/mol. The van der Waals surface area contributed by atoms with Crippen LogP contribution >= 0.6 is 0 Å². The van der Waals surface area contributed by atoms with Crippen molar-refractivity contribution in [2.75, 3.05) is 20.6 Å². The molecule has 0 fully saturated rings. The highest BCUT2D eigenvalue weighted by atomic mass is 16.3. The van der Waals surface area contributed by atoms with Gasteiger partial charge in [0.25, 0.3) is 5.91 Å². The van der Waals surface area contributed by atoms with Crippen LogP contribution < -0.4 is 5.32 Å². The highest BCUT2D eigenvalue weighted by molar-refractivity contribution is 5.91. The first kappa shape index (κ1) is 12.8. The maximum atomic E-state index is 11.6. The molecule has 0 bridgehead atoms. The van der Waals surface area contributed by atoms with E-state index in [0.717, 1.165) is 0 Å². The summed E-state index contributed by atoms with van der Waals surface area (Å²) in [4.78, 5) is 13.8. The highest BCUT2D eigenvalue weighted by Gasteiger charge is 2.17. The van der Waals surface area contributed by atoms with Crippen LogP contribution in [0.1, 0.15) is 24.4 Å². The molecule has 1 rings (SSSR count). The molecule has 1 N–H and O–H groups in total. The molecular formula is C12H20N2O2. The lowest BCUT2D eigenvalue weighted by Crippen LogP contribution is -2.43. The van der Waals surface area contributed by atoms with Gasteiger partial charge >= 0.3 is 0 Å². The van der Waals surface area contributed by atoms with Crippen molar-refractivity contribution < 1.29 is 9.21 Å². The molecule has 1 atom stereocenters. The standard InChI is InChI=1S/C12H20N2O2/c1-9(2)10(14(3)4)8-13-12(15)11-6-5-7-16-11/h5-7,9-10H,8H2,1-4H3,(H,13,15). The molecule has 1 amide bonds. The average Bonchev–Trinajstić information content (AvgIpc) is 2.69. The van der Waals surface area contributed by atoms with E-state index in [0.29, 0.717) is 24.3 Å². The topological polar surface area (TPSA) is 45.5 Å². The van der Waals surface area contributed by atoms with Crippen LogP contribution in [0.2, 0.25) is 0 Å². The van der Waals surface area contributed by atoms with E-state index in [1.54, 1.807) is 12.1 Å². The number of furan rings is 1. The molecule has 0 saturated heterocycles. The Kier molecular flexibility index (Phi) is 4.55. The van der Waals surface area contributed by atoms with Crippen LogP contribution in [-0.2, 0) is 0 Å². The van der Waals surface area contributed by atoms with Gasteiger partial charge in [-0.05, 0) is 32.1 Å². The molecule has 0 aromatic carbocycles. The van der Waals surface area contributed by atoms with Gasteiger partial charge in [-0.15, -0.1) is 0 Å². The fourth-order valence-corrected chi connectivity index (χ4v) is 1.71. The number of likely N-dealkylation sites (N-methyl/N-ethyl adjacent to an activating group) is 1. The van der Waals surface area contributed by atoms with Crippen LogP contribution in [0.5, 0.6) is 0 Å². The van der Waals surface area contributed by atoms with E-state index in [1.807, 2.05) is 14.1 Å². The third-order valence-electron chi connectivity index (χ3n) is 2.65. The van der Waals surface area contributed by atoms with Crippen molar-refractivity contribution in [3.05, 3.63) is 24.2 Å². The van der Waals surface area contributed by atoms with Crippen molar-refractivity contribution in [2.45, 2.75) is 19.9 Å². The van der Waals surface area contributed by atoms with Crippen LogP contribution in [0.4, 0.5) is 0 Å². The minimum atomic E-state index is -0.155. The molecule has 1 heterocycles. The summed E-state index contributed by atoms with van der Waals surface area (Å²) in [6, 6.07) is 3.70. The predicted molar refractivity (Wildman–Crippen MR) is 63.4 cm³/mol. The van der Waals surface area contributed by atoms with Crippen LogP contribution in [0.15, 0.2) is 22.8 Å². The zero-order valence-electron chi connectivity index (χ0n) is 10.4. The van der Waals surface area contributed by atoms with Gasteiger partial charge in [0.15, 0.2) is 5.76 Å². The van der Waals surface area contributed by atoms with E-state index in [2.05, 4.69) is 24.1 Å². The van der Waals surface area contributed by atoms with Gasteiger partial charge in [-0.3, -0.25) is 4.79 Å². The molecule has 1 aromatic rings. The first-order valence-electron chi connectivity index (χ1n) is 5.50. The number of carbonyl (C=O) groups is 1. The van der Waals surface area contributed by atoms with Crippen LogP contribution in [0, 0.1) is 5.92 Å². The number of carbonyl (C=O) groups excluding carboxylic acids is 1. The van der Waals surface area contributed by atoms with E-state index >= 15 is 0 Å². The quantitative estimate of drug-likeness (QED) is 0.826. The molecule has 0 spiro atoms.